The highest BCUT2D eigenvalue weighted by Crippen LogP contribution is 2.11. The quantitative estimate of drug-likeness (QED) is 0.468. The standard InChI is InChI=1S/C17H30O2/c1-15(2)7-5-8-16(3)9-6-10-17(4)11-13-19-14-12-18/h7,9,11,18H,5-6,8,10,12-14H2,1-4H3. The van der Waals surface area contributed by atoms with Gasteiger partial charge in [0.05, 0.1) is 19.8 Å². The third kappa shape index (κ3) is 13.4. The second-order valence-electron chi connectivity index (χ2n) is 5.26. The Labute approximate surface area is 118 Å². The highest BCUT2D eigenvalue weighted by atomic mass is 16.5. The summed E-state index contributed by atoms with van der Waals surface area (Å²) in [5.41, 5.74) is 4.22. The molecule has 0 radical (unpaired) electrons. The maximum Gasteiger partial charge on any atom is 0.0701 e. The fourth-order valence-corrected chi connectivity index (χ4v) is 1.69. The molecule has 0 atom stereocenters. The predicted molar refractivity (Wildman–Crippen MR) is 83.3 cm³/mol. The molecule has 110 valence electrons. The Morgan fingerprint density at radius 2 is 1.47 bits per heavy atom. The monoisotopic (exact) mass is 266 g/mol. The van der Waals surface area contributed by atoms with Crippen LogP contribution in [0.25, 0.3) is 0 Å². The topological polar surface area (TPSA) is 29.5 Å². The smallest absolute Gasteiger partial charge is 0.0701 e. The molecule has 0 saturated heterocycles. The zero-order valence-electron chi connectivity index (χ0n) is 13.0. The fourth-order valence-electron chi connectivity index (χ4n) is 1.69. The van der Waals surface area contributed by atoms with Crippen LogP contribution in [0.15, 0.2) is 34.9 Å². The molecule has 0 saturated carbocycles. The number of allylic oxidation sites excluding steroid dienone is 5. The molecule has 0 aliphatic carbocycles. The normalized spacial score (nSPS) is 12.7. The average molecular weight is 266 g/mol. The molecule has 0 rings (SSSR count). The Bertz CT molecular complexity index is 307. The molecule has 0 fully saturated rings. The molecular weight excluding hydrogens is 236 g/mol. The highest BCUT2D eigenvalue weighted by Gasteiger charge is 1.92. The van der Waals surface area contributed by atoms with E-state index in [0.717, 1.165) is 25.7 Å². The Hall–Kier alpha value is -0.860. The molecule has 2 heteroatoms. The second-order valence-corrected chi connectivity index (χ2v) is 5.26. The van der Waals surface area contributed by atoms with E-state index in [4.69, 9.17) is 9.84 Å². The first-order chi connectivity index (χ1) is 9.06. The lowest BCUT2D eigenvalue weighted by Crippen LogP contribution is -1.98. The Morgan fingerprint density at radius 3 is 2.05 bits per heavy atom. The van der Waals surface area contributed by atoms with Gasteiger partial charge in [-0.2, -0.15) is 0 Å². The van der Waals surface area contributed by atoms with Gasteiger partial charge in [0.2, 0.25) is 0 Å². The van der Waals surface area contributed by atoms with Crippen LogP contribution in [0, 0.1) is 0 Å². The number of aliphatic hydroxyl groups excluding tert-OH is 1. The minimum Gasteiger partial charge on any atom is -0.394 e. The van der Waals surface area contributed by atoms with Crippen LogP contribution >= 0.6 is 0 Å². The summed E-state index contributed by atoms with van der Waals surface area (Å²) >= 11 is 0. The maximum absolute atomic E-state index is 8.58. The zero-order chi connectivity index (χ0) is 14.5. The van der Waals surface area contributed by atoms with Crippen molar-refractivity contribution in [3.05, 3.63) is 34.9 Å². The van der Waals surface area contributed by atoms with Crippen LogP contribution in [0.5, 0.6) is 0 Å². The van der Waals surface area contributed by atoms with Crippen molar-refractivity contribution in [1.29, 1.82) is 0 Å². The van der Waals surface area contributed by atoms with Gasteiger partial charge in [0, 0.05) is 0 Å². The fraction of sp³-hybridized carbons (Fsp3) is 0.647. The van der Waals surface area contributed by atoms with Crippen LogP contribution in [0.4, 0.5) is 0 Å². The van der Waals surface area contributed by atoms with E-state index in [2.05, 4.69) is 45.9 Å². The van der Waals surface area contributed by atoms with Crippen molar-refractivity contribution in [2.24, 2.45) is 0 Å². The van der Waals surface area contributed by atoms with Crippen molar-refractivity contribution in [1.82, 2.24) is 0 Å². The summed E-state index contributed by atoms with van der Waals surface area (Å²) in [5, 5.41) is 8.58. The van der Waals surface area contributed by atoms with Crippen molar-refractivity contribution < 1.29 is 9.84 Å². The van der Waals surface area contributed by atoms with E-state index in [1.165, 1.54) is 16.7 Å². The molecule has 1 N–H and O–H groups in total. The van der Waals surface area contributed by atoms with Crippen molar-refractivity contribution >= 4 is 0 Å². The number of aliphatic hydroxyl groups is 1. The van der Waals surface area contributed by atoms with Gasteiger partial charge in [-0.25, -0.2) is 0 Å². The number of rotatable bonds is 10. The minimum absolute atomic E-state index is 0.0977. The van der Waals surface area contributed by atoms with Gasteiger partial charge in [0.15, 0.2) is 0 Å². The lowest BCUT2D eigenvalue weighted by atomic mass is 10.1. The molecule has 19 heavy (non-hydrogen) atoms. The first-order valence-corrected chi connectivity index (χ1v) is 7.19. The van der Waals surface area contributed by atoms with E-state index >= 15 is 0 Å². The Balaban J connectivity index is 3.77. The summed E-state index contributed by atoms with van der Waals surface area (Å²) in [7, 11) is 0. The van der Waals surface area contributed by atoms with Crippen LogP contribution in [0.3, 0.4) is 0 Å². The van der Waals surface area contributed by atoms with Crippen molar-refractivity contribution in [2.75, 3.05) is 19.8 Å². The number of hydrogen-bond acceptors (Lipinski definition) is 2. The van der Waals surface area contributed by atoms with Crippen LogP contribution in [0.2, 0.25) is 0 Å². The van der Waals surface area contributed by atoms with Crippen molar-refractivity contribution in [3.8, 4) is 0 Å². The molecule has 0 unspecified atom stereocenters. The van der Waals surface area contributed by atoms with E-state index in [-0.39, 0.29) is 6.61 Å². The number of ether oxygens (including phenoxy) is 1. The van der Waals surface area contributed by atoms with Gasteiger partial charge in [0.1, 0.15) is 0 Å². The first kappa shape index (κ1) is 18.1. The van der Waals surface area contributed by atoms with Gasteiger partial charge in [0.25, 0.3) is 0 Å². The molecule has 0 amide bonds. The van der Waals surface area contributed by atoms with E-state index in [1.807, 2.05) is 0 Å². The first-order valence-electron chi connectivity index (χ1n) is 7.19. The predicted octanol–water partition coefficient (Wildman–Crippen LogP) is 4.41. The van der Waals surface area contributed by atoms with Gasteiger partial charge in [-0.1, -0.05) is 34.9 Å². The van der Waals surface area contributed by atoms with Gasteiger partial charge < -0.3 is 9.84 Å². The van der Waals surface area contributed by atoms with Gasteiger partial charge in [-0.15, -0.1) is 0 Å². The minimum atomic E-state index is 0.0977. The number of hydrogen-bond donors (Lipinski definition) is 1. The van der Waals surface area contributed by atoms with Crippen LogP contribution in [-0.2, 0) is 4.74 Å². The molecule has 2 nitrogen and oxygen atoms in total. The molecular formula is C17H30O2. The molecule has 0 heterocycles. The van der Waals surface area contributed by atoms with E-state index in [0.29, 0.717) is 13.2 Å². The molecule has 0 spiro atoms. The molecule has 0 aliphatic rings. The SMILES string of the molecule is CC(C)=CCCC(C)=CCCC(C)=CCOCCO. The summed E-state index contributed by atoms with van der Waals surface area (Å²) < 4.78 is 5.21. The van der Waals surface area contributed by atoms with E-state index < -0.39 is 0 Å². The summed E-state index contributed by atoms with van der Waals surface area (Å²) in [6.07, 6.45) is 11.2. The summed E-state index contributed by atoms with van der Waals surface area (Å²) in [6, 6.07) is 0. The van der Waals surface area contributed by atoms with E-state index in [9.17, 15) is 0 Å². The van der Waals surface area contributed by atoms with Crippen molar-refractivity contribution in [2.45, 2.75) is 53.4 Å². The highest BCUT2D eigenvalue weighted by molar-refractivity contribution is 5.05. The molecule has 0 aromatic heterocycles. The summed E-state index contributed by atoms with van der Waals surface area (Å²) in [5.74, 6) is 0. The molecule has 0 aliphatic heterocycles. The summed E-state index contributed by atoms with van der Waals surface area (Å²) in [4.78, 5) is 0. The third-order valence-corrected chi connectivity index (χ3v) is 2.91. The van der Waals surface area contributed by atoms with Gasteiger partial charge in [-0.05, 0) is 53.4 Å². The second kappa shape index (κ2) is 12.2. The summed E-state index contributed by atoms with van der Waals surface area (Å²) in [6.45, 7) is 9.76. The zero-order valence-corrected chi connectivity index (χ0v) is 13.0. The van der Waals surface area contributed by atoms with Crippen LogP contribution in [0.1, 0.15) is 53.4 Å². The van der Waals surface area contributed by atoms with Gasteiger partial charge in [-0.3, -0.25) is 0 Å². The molecule has 0 aromatic carbocycles. The third-order valence-electron chi connectivity index (χ3n) is 2.91. The lowest BCUT2D eigenvalue weighted by molar-refractivity contribution is 0.111. The largest absolute Gasteiger partial charge is 0.394 e. The van der Waals surface area contributed by atoms with Crippen LogP contribution in [-0.4, -0.2) is 24.9 Å². The Kier molecular flexibility index (Phi) is 11.6. The van der Waals surface area contributed by atoms with Crippen LogP contribution < -0.4 is 0 Å². The van der Waals surface area contributed by atoms with E-state index in [1.54, 1.807) is 0 Å². The maximum atomic E-state index is 8.58. The Morgan fingerprint density at radius 1 is 0.895 bits per heavy atom. The van der Waals surface area contributed by atoms with Gasteiger partial charge >= 0.3 is 0 Å². The van der Waals surface area contributed by atoms with Crippen molar-refractivity contribution in [3.63, 3.8) is 0 Å². The molecule has 0 bridgehead atoms. The average Bonchev–Trinajstić information content (AvgIpc) is 2.34. The lowest BCUT2D eigenvalue weighted by Gasteiger charge is -2.02. The molecule has 0 aromatic rings.